The Kier molecular flexibility index (Phi) is 5.22. The Hall–Kier alpha value is -2.06. The quantitative estimate of drug-likeness (QED) is 0.580. The van der Waals surface area contributed by atoms with Crippen LogP contribution in [-0.2, 0) is 5.41 Å². The van der Waals surface area contributed by atoms with Crippen LogP contribution in [0.1, 0.15) is 43.9 Å². The first-order valence-corrected chi connectivity index (χ1v) is 12.8. The van der Waals surface area contributed by atoms with Crippen molar-refractivity contribution in [2.45, 2.75) is 52.6 Å². The molecule has 0 heterocycles. The Labute approximate surface area is 165 Å². The zero-order chi connectivity index (χ0) is 19.8. The maximum atomic E-state index is 6.04. The molecule has 2 aromatic rings. The molecule has 0 saturated carbocycles. The van der Waals surface area contributed by atoms with E-state index < -0.39 is 8.07 Å². The number of benzene rings is 2. The fourth-order valence-electron chi connectivity index (χ4n) is 4.16. The van der Waals surface area contributed by atoms with Crippen LogP contribution in [0.2, 0.25) is 13.1 Å². The highest BCUT2D eigenvalue weighted by Gasteiger charge is 2.36. The molecule has 0 spiro atoms. The molecule has 0 aliphatic heterocycles. The number of ether oxygens (including phenoxy) is 1. The first-order chi connectivity index (χ1) is 12.7. The molecule has 3 rings (SSSR count). The summed E-state index contributed by atoms with van der Waals surface area (Å²) in [5, 5.41) is 3.01. The van der Waals surface area contributed by atoms with Crippen LogP contribution in [0.25, 0.3) is 5.57 Å². The van der Waals surface area contributed by atoms with Gasteiger partial charge in [0, 0.05) is 0 Å². The zero-order valence-corrected chi connectivity index (χ0v) is 18.8. The van der Waals surface area contributed by atoms with E-state index in [9.17, 15) is 0 Å². The van der Waals surface area contributed by atoms with Crippen molar-refractivity contribution in [1.29, 1.82) is 0 Å². The van der Waals surface area contributed by atoms with Crippen molar-refractivity contribution >= 4 is 18.8 Å². The first kappa shape index (κ1) is 19.7. The molecule has 0 atom stereocenters. The molecule has 1 nitrogen and oxygen atoms in total. The van der Waals surface area contributed by atoms with Gasteiger partial charge in [-0.3, -0.25) is 0 Å². The van der Waals surface area contributed by atoms with Crippen LogP contribution in [0.5, 0.6) is 5.75 Å². The Bertz CT molecular complexity index is 896. The Morgan fingerprint density at radius 3 is 2.26 bits per heavy atom. The van der Waals surface area contributed by atoms with Gasteiger partial charge < -0.3 is 4.74 Å². The van der Waals surface area contributed by atoms with Gasteiger partial charge in [0.1, 0.15) is 13.8 Å². The minimum absolute atomic E-state index is 0.0567. The van der Waals surface area contributed by atoms with Gasteiger partial charge in [-0.2, -0.15) is 0 Å². The van der Waals surface area contributed by atoms with Gasteiger partial charge in [0.05, 0.1) is 7.11 Å². The van der Waals surface area contributed by atoms with E-state index in [0.29, 0.717) is 0 Å². The van der Waals surface area contributed by atoms with E-state index in [1.165, 1.54) is 27.5 Å². The second-order valence-corrected chi connectivity index (χ2v) is 13.5. The molecule has 0 saturated heterocycles. The average molecular weight is 377 g/mol. The van der Waals surface area contributed by atoms with Crippen LogP contribution in [0.3, 0.4) is 0 Å². The Morgan fingerprint density at radius 1 is 1.00 bits per heavy atom. The van der Waals surface area contributed by atoms with Crippen LogP contribution in [0, 0.1) is 6.92 Å². The summed E-state index contributed by atoms with van der Waals surface area (Å²) in [6.45, 7) is 14.0. The minimum atomic E-state index is -1.91. The molecule has 0 amide bonds. The molecule has 0 radical (unpaired) electrons. The summed E-state index contributed by atoms with van der Waals surface area (Å²) in [5.74, 6) is 1.09. The van der Waals surface area contributed by atoms with Crippen molar-refractivity contribution in [3.63, 3.8) is 0 Å². The third-order valence-corrected chi connectivity index (χ3v) is 9.39. The normalized spacial score (nSPS) is 14.8. The van der Waals surface area contributed by atoms with Gasteiger partial charge in [-0.25, -0.2) is 0 Å². The molecule has 142 valence electrons. The predicted molar refractivity (Wildman–Crippen MR) is 121 cm³/mol. The number of methoxy groups -OCH3 is 1. The smallest absolute Gasteiger partial charge is 0.122 e. The maximum absolute atomic E-state index is 6.04. The molecule has 0 aromatic heterocycles. The largest absolute Gasteiger partial charge is 0.497 e. The van der Waals surface area contributed by atoms with Crippen LogP contribution in [-0.4, -0.2) is 15.2 Å². The van der Waals surface area contributed by atoms with E-state index in [1.807, 2.05) is 7.11 Å². The van der Waals surface area contributed by atoms with Gasteiger partial charge in [-0.05, 0) is 40.6 Å². The van der Waals surface area contributed by atoms with Crippen molar-refractivity contribution in [1.82, 2.24) is 0 Å². The summed E-state index contributed by atoms with van der Waals surface area (Å²) in [5.41, 5.74) is 5.43. The fraction of sp³-hybridized carbons (Fsp3) is 0.360. The lowest BCUT2D eigenvalue weighted by atomic mass is 9.85. The average Bonchev–Trinajstić information content (AvgIpc) is 3.11. The number of rotatable bonds is 4. The van der Waals surface area contributed by atoms with Crippen molar-refractivity contribution in [3.05, 3.63) is 76.5 Å². The Balaban J connectivity index is 2.22. The summed E-state index contributed by atoms with van der Waals surface area (Å²) < 4.78 is 6.04. The van der Waals surface area contributed by atoms with Gasteiger partial charge in [-0.1, -0.05) is 99.2 Å². The minimum Gasteiger partial charge on any atom is -0.497 e. The molecule has 27 heavy (non-hydrogen) atoms. The van der Waals surface area contributed by atoms with Crippen molar-refractivity contribution in [3.8, 4) is 5.75 Å². The molecule has 0 fully saturated rings. The first-order valence-electron chi connectivity index (χ1n) is 9.81. The van der Waals surface area contributed by atoms with Crippen LogP contribution >= 0.6 is 0 Å². The summed E-state index contributed by atoms with van der Waals surface area (Å²) in [6, 6.07) is 15.5. The molecule has 1 aliphatic rings. The monoisotopic (exact) mass is 376 g/mol. The Morgan fingerprint density at radius 2 is 1.67 bits per heavy atom. The standard InChI is InChI=1S/C25H32OSi/c1-18-16-21(25(2,3)4)24(26-5)23(17-18)27(6,7)22-15-11-14-20(22)19-12-9-8-10-13-19/h8-14,16-17H,15H2,1-7H3. The van der Waals surface area contributed by atoms with E-state index in [0.717, 1.165) is 12.2 Å². The molecular formula is C25H32OSi. The second-order valence-electron chi connectivity index (χ2n) is 9.13. The van der Waals surface area contributed by atoms with E-state index in [-0.39, 0.29) is 5.41 Å². The molecular weight excluding hydrogens is 344 g/mol. The lowest BCUT2D eigenvalue weighted by molar-refractivity contribution is 0.400. The van der Waals surface area contributed by atoms with Crippen LogP contribution in [0.4, 0.5) is 0 Å². The molecule has 2 aromatic carbocycles. The van der Waals surface area contributed by atoms with Gasteiger partial charge in [0.25, 0.3) is 0 Å². The van der Waals surface area contributed by atoms with Crippen molar-refractivity contribution in [2.75, 3.05) is 7.11 Å². The predicted octanol–water partition coefficient (Wildman–Crippen LogP) is 6.17. The number of allylic oxidation sites excluding steroid dienone is 4. The molecule has 1 aliphatic carbocycles. The van der Waals surface area contributed by atoms with Crippen molar-refractivity contribution in [2.24, 2.45) is 0 Å². The highest BCUT2D eigenvalue weighted by Crippen LogP contribution is 2.38. The van der Waals surface area contributed by atoms with E-state index >= 15 is 0 Å². The lowest BCUT2D eigenvalue weighted by Crippen LogP contribution is -2.45. The second kappa shape index (κ2) is 7.16. The van der Waals surface area contributed by atoms with Crippen LogP contribution in [0.15, 0.2) is 59.8 Å². The maximum Gasteiger partial charge on any atom is 0.122 e. The SMILES string of the molecule is COc1c(C(C)(C)C)cc(C)cc1[Si](C)(C)C1=C(c2ccccc2)C=CC1. The lowest BCUT2D eigenvalue weighted by Gasteiger charge is -2.32. The summed E-state index contributed by atoms with van der Waals surface area (Å²) >= 11 is 0. The van der Waals surface area contributed by atoms with Gasteiger partial charge in [0.15, 0.2) is 0 Å². The van der Waals surface area contributed by atoms with E-state index in [2.05, 4.69) is 95.4 Å². The highest BCUT2D eigenvalue weighted by molar-refractivity contribution is 6.97. The molecule has 2 heteroatoms. The third-order valence-electron chi connectivity index (χ3n) is 5.69. The number of hydrogen-bond acceptors (Lipinski definition) is 1. The summed E-state index contributed by atoms with van der Waals surface area (Å²) in [4.78, 5) is 0. The van der Waals surface area contributed by atoms with Gasteiger partial charge in [-0.15, -0.1) is 0 Å². The number of hydrogen-bond donors (Lipinski definition) is 0. The summed E-state index contributed by atoms with van der Waals surface area (Å²) in [7, 11) is -0.0805. The zero-order valence-electron chi connectivity index (χ0n) is 17.8. The molecule has 0 bridgehead atoms. The topological polar surface area (TPSA) is 9.23 Å². The summed E-state index contributed by atoms with van der Waals surface area (Å²) in [6.07, 6.45) is 5.68. The highest BCUT2D eigenvalue weighted by atomic mass is 28.3. The van der Waals surface area contributed by atoms with Gasteiger partial charge >= 0.3 is 0 Å². The van der Waals surface area contributed by atoms with Crippen LogP contribution < -0.4 is 9.92 Å². The molecule has 0 N–H and O–H groups in total. The van der Waals surface area contributed by atoms with Gasteiger partial charge in [0.2, 0.25) is 0 Å². The van der Waals surface area contributed by atoms with E-state index in [1.54, 1.807) is 5.20 Å². The number of aryl methyl sites for hydroxylation is 1. The third kappa shape index (κ3) is 3.68. The van der Waals surface area contributed by atoms with E-state index in [4.69, 9.17) is 4.74 Å². The molecule has 0 unspecified atom stereocenters. The fourth-order valence-corrected chi connectivity index (χ4v) is 7.41. The van der Waals surface area contributed by atoms with Crippen molar-refractivity contribution < 1.29 is 4.74 Å².